The fourth-order valence-electron chi connectivity index (χ4n) is 2.69. The summed E-state index contributed by atoms with van der Waals surface area (Å²) in [5, 5.41) is 2.15. The molecule has 2 N–H and O–H groups in total. The topological polar surface area (TPSA) is 29.3 Å². The number of rotatable bonds is 3. The van der Waals surface area contributed by atoms with E-state index in [0.29, 0.717) is 0 Å². The summed E-state index contributed by atoms with van der Waals surface area (Å²) < 4.78 is 0. The molecule has 1 heterocycles. The van der Waals surface area contributed by atoms with Crippen molar-refractivity contribution in [1.29, 1.82) is 0 Å². The van der Waals surface area contributed by atoms with Crippen LogP contribution in [0, 0.1) is 0 Å². The Kier molecular flexibility index (Phi) is 3.44. The summed E-state index contributed by atoms with van der Waals surface area (Å²) in [5.41, 5.74) is 9.00. The number of thiocarbonyl (C=S) groups is 2. The number of hydrogen-bond acceptors (Lipinski definition) is 3. The van der Waals surface area contributed by atoms with Crippen molar-refractivity contribution >= 4 is 50.9 Å². The second-order valence-electron chi connectivity index (χ2n) is 5.05. The molecule has 1 aliphatic rings. The molecular weight excluding hydrogens is 284 g/mol. The van der Waals surface area contributed by atoms with Gasteiger partial charge in [0.1, 0.15) is 9.98 Å². The molecule has 20 heavy (non-hydrogen) atoms. The van der Waals surface area contributed by atoms with E-state index < -0.39 is 0 Å². The third-order valence-electron chi connectivity index (χ3n) is 3.76. The first-order valence-electron chi connectivity index (χ1n) is 6.82. The molecule has 0 spiro atoms. The third-order valence-corrected chi connectivity index (χ3v) is 4.64. The second kappa shape index (κ2) is 5.11. The minimum Gasteiger partial charge on any atom is -0.398 e. The van der Waals surface area contributed by atoms with E-state index >= 15 is 0 Å². The minimum atomic E-state index is 0.776. The Morgan fingerprint density at radius 2 is 1.75 bits per heavy atom. The van der Waals surface area contributed by atoms with Crippen molar-refractivity contribution in [3.05, 3.63) is 41.5 Å². The van der Waals surface area contributed by atoms with Crippen molar-refractivity contribution in [2.45, 2.75) is 19.8 Å². The maximum absolute atomic E-state index is 6.08. The lowest BCUT2D eigenvalue weighted by Gasteiger charge is -2.32. The number of unbranched alkanes of at least 4 members (excludes halogenated alkanes) is 1. The van der Waals surface area contributed by atoms with Crippen molar-refractivity contribution in [2.75, 3.05) is 12.3 Å². The predicted octanol–water partition coefficient (Wildman–Crippen LogP) is 3.89. The Hall–Kier alpha value is -1.52. The summed E-state index contributed by atoms with van der Waals surface area (Å²) in [6.45, 7) is 3.06. The molecule has 3 rings (SSSR count). The van der Waals surface area contributed by atoms with Crippen molar-refractivity contribution in [2.24, 2.45) is 0 Å². The van der Waals surface area contributed by atoms with Crippen molar-refractivity contribution < 1.29 is 0 Å². The highest BCUT2D eigenvalue weighted by Gasteiger charge is 2.27. The normalized spacial score (nSPS) is 14.2. The second-order valence-corrected chi connectivity index (χ2v) is 5.82. The summed E-state index contributed by atoms with van der Waals surface area (Å²) in [4.78, 5) is 3.74. The van der Waals surface area contributed by atoms with E-state index in [1.54, 1.807) is 0 Å². The molecule has 0 aliphatic carbocycles. The highest BCUT2D eigenvalue weighted by molar-refractivity contribution is 7.82. The first kappa shape index (κ1) is 13.5. The van der Waals surface area contributed by atoms with Gasteiger partial charge in [-0.1, -0.05) is 56.0 Å². The number of anilines is 1. The Morgan fingerprint density at radius 1 is 1.05 bits per heavy atom. The van der Waals surface area contributed by atoms with Gasteiger partial charge in [-0.25, -0.2) is 0 Å². The molecule has 0 atom stereocenters. The minimum absolute atomic E-state index is 0.776. The zero-order valence-corrected chi connectivity index (χ0v) is 13.0. The molecule has 2 aromatic carbocycles. The highest BCUT2D eigenvalue weighted by atomic mass is 32.1. The van der Waals surface area contributed by atoms with Gasteiger partial charge in [0.15, 0.2) is 0 Å². The van der Waals surface area contributed by atoms with Crippen LogP contribution in [0.2, 0.25) is 0 Å². The lowest BCUT2D eigenvalue weighted by molar-refractivity contribution is 0.583. The van der Waals surface area contributed by atoms with Gasteiger partial charge in [-0.2, -0.15) is 0 Å². The van der Waals surface area contributed by atoms with Gasteiger partial charge in [0, 0.05) is 34.1 Å². The van der Waals surface area contributed by atoms with Gasteiger partial charge >= 0.3 is 0 Å². The average Bonchev–Trinajstić information content (AvgIpc) is 2.46. The summed E-state index contributed by atoms with van der Waals surface area (Å²) >= 11 is 11.3. The lowest BCUT2D eigenvalue weighted by atomic mass is 9.94. The molecule has 1 aliphatic heterocycles. The Labute approximate surface area is 129 Å². The smallest absolute Gasteiger partial charge is 0.114 e. The Bertz CT molecular complexity index is 699. The van der Waals surface area contributed by atoms with Crippen molar-refractivity contribution in [1.82, 2.24) is 4.90 Å². The van der Waals surface area contributed by atoms with Crippen LogP contribution in [0.25, 0.3) is 10.8 Å². The molecule has 0 fully saturated rings. The van der Waals surface area contributed by atoms with Gasteiger partial charge in [-0.15, -0.1) is 0 Å². The summed E-state index contributed by atoms with van der Waals surface area (Å²) in [6, 6.07) is 10.1. The molecule has 0 amide bonds. The van der Waals surface area contributed by atoms with E-state index in [1.165, 1.54) is 0 Å². The molecule has 0 radical (unpaired) electrons. The average molecular weight is 300 g/mol. The molecule has 0 aromatic heterocycles. The molecule has 102 valence electrons. The van der Waals surface area contributed by atoms with E-state index in [0.717, 1.165) is 57.0 Å². The van der Waals surface area contributed by atoms with Crippen LogP contribution < -0.4 is 5.73 Å². The van der Waals surface area contributed by atoms with Crippen LogP contribution in [0.4, 0.5) is 5.69 Å². The maximum atomic E-state index is 6.08. The predicted molar refractivity (Wildman–Crippen MR) is 93.4 cm³/mol. The maximum Gasteiger partial charge on any atom is 0.114 e. The highest BCUT2D eigenvalue weighted by Crippen LogP contribution is 2.34. The van der Waals surface area contributed by atoms with Crippen LogP contribution in [0.5, 0.6) is 0 Å². The van der Waals surface area contributed by atoms with Crippen molar-refractivity contribution in [3.63, 3.8) is 0 Å². The molecule has 4 heteroatoms. The third kappa shape index (κ3) is 1.91. The standard InChI is InChI=1S/C16H16N2S2/c1-2-3-9-18-15(19)11-6-4-5-10-13(17)8-7-12(14(10)11)16(18)20/h4-8H,2-3,9,17H2,1H3. The van der Waals surface area contributed by atoms with Crippen LogP contribution >= 0.6 is 24.4 Å². The fraction of sp³-hybridized carbons (Fsp3) is 0.250. The first-order valence-corrected chi connectivity index (χ1v) is 7.64. The van der Waals surface area contributed by atoms with E-state index in [4.69, 9.17) is 30.2 Å². The monoisotopic (exact) mass is 300 g/mol. The van der Waals surface area contributed by atoms with Crippen LogP contribution in [0.3, 0.4) is 0 Å². The molecule has 0 unspecified atom stereocenters. The largest absolute Gasteiger partial charge is 0.398 e. The molecule has 0 saturated carbocycles. The van der Waals surface area contributed by atoms with Gasteiger partial charge in [0.2, 0.25) is 0 Å². The zero-order chi connectivity index (χ0) is 14.3. The molecular formula is C16H16N2S2. The summed E-state index contributed by atoms with van der Waals surface area (Å²) in [5.74, 6) is 0. The lowest BCUT2D eigenvalue weighted by Crippen LogP contribution is -2.39. The quantitative estimate of drug-likeness (QED) is 0.688. The van der Waals surface area contributed by atoms with Crippen LogP contribution in [-0.2, 0) is 0 Å². The van der Waals surface area contributed by atoms with Crippen LogP contribution in [0.1, 0.15) is 30.9 Å². The fourth-order valence-corrected chi connectivity index (χ4v) is 3.45. The van der Waals surface area contributed by atoms with Crippen LogP contribution in [0.15, 0.2) is 30.3 Å². The van der Waals surface area contributed by atoms with Gasteiger partial charge in [-0.3, -0.25) is 0 Å². The number of nitrogens with zero attached hydrogens (tertiary/aromatic N) is 1. The number of nitrogen functional groups attached to an aromatic ring is 1. The van der Waals surface area contributed by atoms with Gasteiger partial charge in [0.25, 0.3) is 0 Å². The van der Waals surface area contributed by atoms with E-state index in [1.807, 2.05) is 24.3 Å². The number of hydrogen-bond donors (Lipinski definition) is 1. The number of benzene rings is 2. The Morgan fingerprint density at radius 3 is 2.45 bits per heavy atom. The molecule has 2 nitrogen and oxygen atoms in total. The molecule has 0 saturated heterocycles. The zero-order valence-electron chi connectivity index (χ0n) is 11.3. The van der Waals surface area contributed by atoms with Gasteiger partial charge < -0.3 is 10.6 Å². The van der Waals surface area contributed by atoms with Gasteiger partial charge in [0.05, 0.1) is 0 Å². The molecule has 2 aromatic rings. The van der Waals surface area contributed by atoms with E-state index in [2.05, 4.69) is 17.9 Å². The Balaban J connectivity index is 2.23. The van der Waals surface area contributed by atoms with Crippen molar-refractivity contribution in [3.8, 4) is 0 Å². The first-order chi connectivity index (χ1) is 9.65. The summed E-state index contributed by atoms with van der Waals surface area (Å²) in [7, 11) is 0. The SMILES string of the molecule is CCCCN1C(=S)c2cccc3c(N)ccc(c23)C1=S. The van der Waals surface area contributed by atoms with Crippen LogP contribution in [-0.4, -0.2) is 21.4 Å². The number of nitrogens with two attached hydrogens (primary N) is 1. The molecule has 0 bridgehead atoms. The van der Waals surface area contributed by atoms with Gasteiger partial charge in [-0.05, 0) is 18.6 Å². The van der Waals surface area contributed by atoms with E-state index in [9.17, 15) is 0 Å². The van der Waals surface area contributed by atoms with E-state index in [-0.39, 0.29) is 0 Å². The summed E-state index contributed by atoms with van der Waals surface area (Å²) in [6.07, 6.45) is 2.21.